The average Bonchev–Trinajstić information content (AvgIpc) is 3.21. The number of carbonyl (C=O) groups excluding carboxylic acids is 1. The number of hydrogen-bond donors (Lipinski definition) is 1. The van der Waals surface area contributed by atoms with Gasteiger partial charge in [-0.05, 0) is 92.6 Å². The van der Waals surface area contributed by atoms with Crippen molar-refractivity contribution in [1.29, 1.82) is 0 Å². The van der Waals surface area contributed by atoms with Gasteiger partial charge < -0.3 is 10.1 Å². The van der Waals surface area contributed by atoms with E-state index in [1.165, 1.54) is 4.31 Å². The maximum Gasteiger partial charge on any atom is 0.264 e. The zero-order valence-electron chi connectivity index (χ0n) is 20.0. The number of aryl methyl sites for hydroxylation is 1. The molecule has 4 aromatic carbocycles. The molecule has 4 aromatic rings. The monoisotopic (exact) mass is 498 g/mol. The molecule has 36 heavy (non-hydrogen) atoms. The number of carbonyl (C=O) groups is 1. The Labute approximate surface area is 211 Å². The Hall–Kier alpha value is -4.10. The van der Waals surface area contributed by atoms with Crippen LogP contribution >= 0.6 is 0 Å². The molecule has 182 valence electrons. The molecule has 0 bridgehead atoms. The van der Waals surface area contributed by atoms with Gasteiger partial charge in [-0.3, -0.25) is 9.10 Å². The third-order valence-electron chi connectivity index (χ3n) is 6.16. The number of ether oxygens (including phenoxy) is 1. The standard InChI is InChI=1S/C29H26N2O4S/c1-20-8-15-27(16-9-20)36(33,34)31-21(2)18-23-19-22(10-17-28(23)31)29(32)30-24-11-13-26(14-12-24)35-25-6-4-3-5-7-25/h3-17,19,21H,18H2,1-2H3,(H,30,32)/t21-/m1/s1. The molecule has 7 heteroatoms. The van der Waals surface area contributed by atoms with E-state index in [4.69, 9.17) is 4.74 Å². The first-order chi connectivity index (χ1) is 17.3. The highest BCUT2D eigenvalue weighted by atomic mass is 32.2. The molecule has 1 heterocycles. The first kappa shape index (κ1) is 23.6. The smallest absolute Gasteiger partial charge is 0.264 e. The fraction of sp³-hybridized carbons (Fsp3) is 0.138. The lowest BCUT2D eigenvalue weighted by molar-refractivity contribution is 0.102. The second kappa shape index (κ2) is 9.51. The number of sulfonamides is 1. The second-order valence-electron chi connectivity index (χ2n) is 8.90. The SMILES string of the molecule is Cc1ccc(S(=O)(=O)N2c3ccc(C(=O)Nc4ccc(Oc5ccccc5)cc4)cc3C[C@H]2C)cc1. The molecule has 1 atom stereocenters. The maximum atomic E-state index is 13.4. The van der Waals surface area contributed by atoms with Crippen molar-refractivity contribution in [2.45, 2.75) is 31.2 Å². The van der Waals surface area contributed by atoms with E-state index in [0.29, 0.717) is 29.1 Å². The molecule has 6 nitrogen and oxygen atoms in total. The summed E-state index contributed by atoms with van der Waals surface area (Å²) in [4.78, 5) is 13.2. The summed E-state index contributed by atoms with van der Waals surface area (Å²) in [5.41, 5.74) is 3.55. The number of para-hydroxylation sites is 1. The number of hydrogen-bond acceptors (Lipinski definition) is 4. The number of nitrogens with zero attached hydrogens (tertiary/aromatic N) is 1. The van der Waals surface area contributed by atoms with Crippen LogP contribution in [0, 0.1) is 6.92 Å². The number of amides is 1. The highest BCUT2D eigenvalue weighted by Crippen LogP contribution is 2.37. The van der Waals surface area contributed by atoms with Gasteiger partial charge in [-0.2, -0.15) is 0 Å². The van der Waals surface area contributed by atoms with Gasteiger partial charge in [0.05, 0.1) is 10.6 Å². The van der Waals surface area contributed by atoms with E-state index in [1.54, 1.807) is 66.7 Å². The number of rotatable bonds is 6. The molecule has 5 rings (SSSR count). The third kappa shape index (κ3) is 4.70. The van der Waals surface area contributed by atoms with Crippen molar-refractivity contribution < 1.29 is 17.9 Å². The summed E-state index contributed by atoms with van der Waals surface area (Å²) in [6.07, 6.45) is 0.535. The number of anilines is 2. The lowest BCUT2D eigenvalue weighted by atomic mass is 10.1. The number of nitrogens with one attached hydrogen (secondary N) is 1. The van der Waals surface area contributed by atoms with E-state index in [2.05, 4.69) is 5.32 Å². The molecule has 1 N–H and O–H groups in total. The molecule has 0 fully saturated rings. The molecule has 0 saturated heterocycles. The fourth-order valence-electron chi connectivity index (χ4n) is 4.37. The number of fused-ring (bicyclic) bond motifs is 1. The zero-order valence-corrected chi connectivity index (χ0v) is 20.8. The van der Waals surface area contributed by atoms with Crippen molar-refractivity contribution in [1.82, 2.24) is 0 Å². The van der Waals surface area contributed by atoms with Crippen LogP contribution in [0.4, 0.5) is 11.4 Å². The van der Waals surface area contributed by atoms with Gasteiger partial charge in [0.25, 0.3) is 15.9 Å². The van der Waals surface area contributed by atoms with E-state index in [-0.39, 0.29) is 16.8 Å². The molecule has 0 radical (unpaired) electrons. The molecule has 0 spiro atoms. The number of benzene rings is 4. The third-order valence-corrected chi connectivity index (χ3v) is 8.11. The molecule has 1 amide bonds. The van der Waals surface area contributed by atoms with Crippen molar-refractivity contribution in [3.63, 3.8) is 0 Å². The Kier molecular flexibility index (Phi) is 6.24. The highest BCUT2D eigenvalue weighted by molar-refractivity contribution is 7.92. The molecule has 0 unspecified atom stereocenters. The summed E-state index contributed by atoms with van der Waals surface area (Å²) in [6.45, 7) is 3.80. The van der Waals surface area contributed by atoms with E-state index in [9.17, 15) is 13.2 Å². The molecule has 0 aromatic heterocycles. The lowest BCUT2D eigenvalue weighted by Gasteiger charge is -2.24. The van der Waals surface area contributed by atoms with Crippen molar-refractivity contribution >= 4 is 27.3 Å². The van der Waals surface area contributed by atoms with Gasteiger partial charge in [-0.25, -0.2) is 8.42 Å². The minimum absolute atomic E-state index is 0.248. The first-order valence-corrected chi connectivity index (χ1v) is 13.1. The summed E-state index contributed by atoms with van der Waals surface area (Å²) in [6, 6.07) is 28.4. The van der Waals surface area contributed by atoms with Crippen LogP contribution in [0.15, 0.2) is 102 Å². The molecule has 1 aliphatic rings. The fourth-order valence-corrected chi connectivity index (χ4v) is 6.06. The van der Waals surface area contributed by atoms with Gasteiger partial charge in [-0.1, -0.05) is 35.9 Å². The van der Waals surface area contributed by atoms with Gasteiger partial charge in [-0.15, -0.1) is 0 Å². The Morgan fingerprint density at radius 1 is 0.889 bits per heavy atom. The van der Waals surface area contributed by atoms with Crippen LogP contribution in [-0.2, 0) is 16.4 Å². The van der Waals surface area contributed by atoms with Crippen LogP contribution in [0.1, 0.15) is 28.4 Å². The molecular formula is C29H26N2O4S. The van der Waals surface area contributed by atoms with Gasteiger partial charge in [0.15, 0.2) is 0 Å². The van der Waals surface area contributed by atoms with Crippen LogP contribution in [0.2, 0.25) is 0 Å². The lowest BCUT2D eigenvalue weighted by Crippen LogP contribution is -2.35. The van der Waals surface area contributed by atoms with Gasteiger partial charge in [0.2, 0.25) is 0 Å². The van der Waals surface area contributed by atoms with E-state index >= 15 is 0 Å². The van der Waals surface area contributed by atoms with Crippen molar-refractivity contribution in [3.05, 3.63) is 114 Å². The predicted molar refractivity (Wildman–Crippen MR) is 141 cm³/mol. The Morgan fingerprint density at radius 2 is 1.56 bits per heavy atom. The van der Waals surface area contributed by atoms with E-state index in [1.807, 2.05) is 44.2 Å². The van der Waals surface area contributed by atoms with Gasteiger partial charge in [0.1, 0.15) is 11.5 Å². The van der Waals surface area contributed by atoms with Crippen molar-refractivity contribution in [2.24, 2.45) is 0 Å². The van der Waals surface area contributed by atoms with E-state index < -0.39 is 10.0 Å². The summed E-state index contributed by atoms with van der Waals surface area (Å²) in [7, 11) is -3.71. The summed E-state index contributed by atoms with van der Waals surface area (Å²) in [5.74, 6) is 1.14. The predicted octanol–water partition coefficient (Wildman–Crippen LogP) is 6.18. The normalized spacial score (nSPS) is 14.8. The van der Waals surface area contributed by atoms with Crippen LogP contribution in [0.3, 0.4) is 0 Å². The van der Waals surface area contributed by atoms with E-state index in [0.717, 1.165) is 16.9 Å². The average molecular weight is 499 g/mol. The van der Waals surface area contributed by atoms with Crippen molar-refractivity contribution in [2.75, 3.05) is 9.62 Å². The quantitative estimate of drug-likeness (QED) is 0.344. The highest BCUT2D eigenvalue weighted by Gasteiger charge is 2.36. The maximum absolute atomic E-state index is 13.4. The summed E-state index contributed by atoms with van der Waals surface area (Å²) >= 11 is 0. The summed E-state index contributed by atoms with van der Waals surface area (Å²) in [5, 5.41) is 2.90. The van der Waals surface area contributed by atoms with Crippen LogP contribution in [-0.4, -0.2) is 20.4 Å². The van der Waals surface area contributed by atoms with Crippen LogP contribution in [0.25, 0.3) is 0 Å². The summed E-state index contributed by atoms with van der Waals surface area (Å²) < 4.78 is 34.0. The van der Waals surface area contributed by atoms with Gasteiger partial charge >= 0.3 is 0 Å². The topological polar surface area (TPSA) is 75.7 Å². The van der Waals surface area contributed by atoms with Crippen LogP contribution < -0.4 is 14.4 Å². The van der Waals surface area contributed by atoms with Crippen LogP contribution in [0.5, 0.6) is 11.5 Å². The molecular weight excluding hydrogens is 472 g/mol. The first-order valence-electron chi connectivity index (χ1n) is 11.7. The minimum Gasteiger partial charge on any atom is -0.457 e. The molecule has 1 aliphatic heterocycles. The van der Waals surface area contributed by atoms with Crippen molar-refractivity contribution in [3.8, 4) is 11.5 Å². The molecule has 0 saturated carbocycles. The zero-order chi connectivity index (χ0) is 25.3. The Bertz CT molecular complexity index is 1500. The Balaban J connectivity index is 1.32. The Morgan fingerprint density at radius 3 is 2.25 bits per heavy atom. The largest absolute Gasteiger partial charge is 0.457 e. The van der Waals surface area contributed by atoms with Gasteiger partial charge in [0, 0.05) is 17.3 Å². The molecule has 0 aliphatic carbocycles. The second-order valence-corrected chi connectivity index (χ2v) is 10.7. The minimum atomic E-state index is -3.71.